The highest BCUT2D eigenvalue weighted by Crippen LogP contribution is 2.10. The van der Waals surface area contributed by atoms with Gasteiger partial charge < -0.3 is 0 Å². The van der Waals surface area contributed by atoms with Crippen LogP contribution in [0.25, 0.3) is 0 Å². The summed E-state index contributed by atoms with van der Waals surface area (Å²) in [5.41, 5.74) is 1.06. The molecule has 0 aromatic heterocycles. The Morgan fingerprint density at radius 1 is 1.33 bits per heavy atom. The van der Waals surface area contributed by atoms with E-state index in [1.54, 1.807) is 6.08 Å². The molecule has 0 saturated heterocycles. The maximum Gasteiger partial charge on any atom is 0.386 e. The third kappa shape index (κ3) is 63.8. The zero-order valence-electron chi connectivity index (χ0n) is 7.28. The van der Waals surface area contributed by atoms with Crippen molar-refractivity contribution < 1.29 is 13.2 Å². The summed E-state index contributed by atoms with van der Waals surface area (Å²) in [4.78, 5) is 0. The Morgan fingerprint density at radius 3 is 1.75 bits per heavy atom. The molecule has 0 aromatic carbocycles. The number of alkyl halides is 3. The first-order valence-electron chi connectivity index (χ1n) is 3.28. The molecule has 0 heterocycles. The summed E-state index contributed by atoms with van der Waals surface area (Å²) in [5, 5.41) is 0. The minimum absolute atomic E-state index is 0.188. The van der Waals surface area contributed by atoms with E-state index < -0.39 is 6.18 Å². The Balaban J connectivity index is 0. The van der Waals surface area contributed by atoms with Crippen LogP contribution in [-0.2, 0) is 0 Å². The first kappa shape index (κ1) is 13.6. The van der Waals surface area contributed by atoms with Gasteiger partial charge in [-0.05, 0) is 6.92 Å². The van der Waals surface area contributed by atoms with Crippen LogP contribution in [0.5, 0.6) is 0 Å². The summed E-state index contributed by atoms with van der Waals surface area (Å²) in [6, 6.07) is 0. The van der Waals surface area contributed by atoms with Crippen LogP contribution >= 0.6 is 0 Å². The van der Waals surface area contributed by atoms with Gasteiger partial charge in [0, 0.05) is 6.92 Å². The lowest BCUT2D eigenvalue weighted by molar-refractivity contribution is -0.110. The Morgan fingerprint density at radius 2 is 1.67 bits per heavy atom. The van der Waals surface area contributed by atoms with E-state index in [0.717, 1.165) is 5.57 Å². The molecule has 70 valence electrons. The topological polar surface area (TPSA) is 0 Å². The average molecular weight is 178 g/mol. The molecule has 0 amide bonds. The molecule has 0 aliphatic heterocycles. The van der Waals surface area contributed by atoms with E-state index in [9.17, 15) is 13.2 Å². The summed E-state index contributed by atoms with van der Waals surface area (Å²) < 4.78 is 31.1. The molecule has 0 rings (SSSR count). The monoisotopic (exact) mass is 178 g/mol. The maximum absolute atomic E-state index is 10.4. The molecule has 0 saturated carbocycles. The summed E-state index contributed by atoms with van der Waals surface area (Å²) in [5.74, 6) is 0. The van der Waals surface area contributed by atoms with Crippen molar-refractivity contribution in [1.29, 1.82) is 0 Å². The Bertz CT molecular complexity index is 157. The number of hydrogen-bond donors (Lipinski definition) is 0. The van der Waals surface area contributed by atoms with Gasteiger partial charge in [-0.15, -0.1) is 0 Å². The Hall–Kier alpha value is -0.990. The third-order valence-corrected chi connectivity index (χ3v) is 0.517. The predicted molar refractivity (Wildman–Crippen MR) is 45.9 cm³/mol. The van der Waals surface area contributed by atoms with Crippen molar-refractivity contribution in [3.63, 3.8) is 0 Å². The van der Waals surface area contributed by atoms with Gasteiger partial charge in [0.05, 0.1) is 0 Å². The molecule has 0 spiro atoms. The van der Waals surface area contributed by atoms with Crippen LogP contribution in [0.3, 0.4) is 0 Å². The van der Waals surface area contributed by atoms with Gasteiger partial charge in [-0.2, -0.15) is 13.2 Å². The maximum atomic E-state index is 10.4. The summed E-state index contributed by atoms with van der Waals surface area (Å²) >= 11 is 0. The van der Waals surface area contributed by atoms with Gasteiger partial charge in [-0.1, -0.05) is 37.0 Å². The highest BCUT2D eigenvalue weighted by Gasteiger charge is 2.15. The van der Waals surface area contributed by atoms with Crippen molar-refractivity contribution in [3.05, 3.63) is 37.0 Å². The van der Waals surface area contributed by atoms with Crippen LogP contribution in [-0.4, -0.2) is 6.18 Å². The summed E-state index contributed by atoms with van der Waals surface area (Å²) in [7, 11) is 0. The Labute approximate surface area is 71.1 Å². The van der Waals surface area contributed by atoms with Gasteiger partial charge in [0.25, 0.3) is 0 Å². The molecule has 0 radical (unpaired) electrons. The largest absolute Gasteiger partial charge is 0.386 e. The first-order chi connectivity index (χ1) is 5.27. The average Bonchev–Trinajstić information content (AvgIpc) is 1.79. The van der Waals surface area contributed by atoms with E-state index in [1.165, 1.54) is 0 Å². The second-order valence-corrected chi connectivity index (χ2v) is 2.22. The van der Waals surface area contributed by atoms with Gasteiger partial charge in [0.15, 0.2) is 0 Å². The van der Waals surface area contributed by atoms with Crippen molar-refractivity contribution in [2.45, 2.75) is 20.0 Å². The lowest BCUT2D eigenvalue weighted by Gasteiger charge is -1.88. The van der Waals surface area contributed by atoms with Crippen molar-refractivity contribution in [1.82, 2.24) is 0 Å². The molecule has 0 bridgehead atoms. The molecular weight excluding hydrogens is 165 g/mol. The minimum Gasteiger partial charge on any atom is -0.172 e. The van der Waals surface area contributed by atoms with Crippen molar-refractivity contribution in [2.24, 2.45) is 0 Å². The summed E-state index contributed by atoms with van der Waals surface area (Å²) in [6.07, 6.45) is 1.50. The molecule has 0 aliphatic rings. The normalized spacial score (nSPS) is 10.4. The van der Waals surface area contributed by atoms with Crippen LogP contribution in [0.1, 0.15) is 13.8 Å². The molecule has 0 nitrogen and oxygen atoms in total. The molecule has 0 N–H and O–H groups in total. The fourth-order valence-electron chi connectivity index (χ4n) is 0.232. The van der Waals surface area contributed by atoms with Gasteiger partial charge in [-0.3, -0.25) is 0 Å². The second-order valence-electron chi connectivity index (χ2n) is 2.22. The van der Waals surface area contributed by atoms with Crippen molar-refractivity contribution in [3.8, 4) is 0 Å². The zero-order valence-corrected chi connectivity index (χ0v) is 7.28. The molecule has 0 atom stereocenters. The lowest BCUT2D eigenvalue weighted by Crippen LogP contribution is -1.95. The first-order valence-corrected chi connectivity index (χ1v) is 3.28. The van der Waals surface area contributed by atoms with Crippen LogP contribution in [0.4, 0.5) is 13.2 Å². The highest BCUT2D eigenvalue weighted by atomic mass is 19.4. The van der Waals surface area contributed by atoms with Gasteiger partial charge in [0.1, 0.15) is 0 Å². The van der Waals surface area contributed by atoms with E-state index in [4.69, 9.17) is 0 Å². The molecule has 12 heavy (non-hydrogen) atoms. The van der Waals surface area contributed by atoms with E-state index in [2.05, 4.69) is 13.2 Å². The minimum atomic E-state index is -4.00. The predicted octanol–water partition coefficient (Wildman–Crippen LogP) is 3.87. The number of hydrogen-bond acceptors (Lipinski definition) is 0. The van der Waals surface area contributed by atoms with E-state index in [-0.39, 0.29) is 6.92 Å². The molecule has 3 heteroatoms. The molecule has 0 fully saturated rings. The zero-order chi connectivity index (χ0) is 10.2. The van der Waals surface area contributed by atoms with Gasteiger partial charge >= 0.3 is 6.18 Å². The van der Waals surface area contributed by atoms with Crippen LogP contribution in [0, 0.1) is 0 Å². The van der Waals surface area contributed by atoms with E-state index >= 15 is 0 Å². The molecular formula is C9H13F3. The molecule has 0 unspecified atom stereocenters. The van der Waals surface area contributed by atoms with Crippen LogP contribution in [0.15, 0.2) is 37.0 Å². The fourth-order valence-corrected chi connectivity index (χ4v) is 0.232. The summed E-state index contributed by atoms with van der Waals surface area (Å²) in [6.45, 7) is 9.29. The number of allylic oxidation sites excluding steroid dienone is 4. The van der Waals surface area contributed by atoms with Gasteiger partial charge in [-0.25, -0.2) is 0 Å². The SMILES string of the molecule is C=C/C=C\C(=C)C.CC(F)(F)F. The number of rotatable bonds is 2. The van der Waals surface area contributed by atoms with Crippen molar-refractivity contribution in [2.75, 3.05) is 0 Å². The lowest BCUT2D eigenvalue weighted by atomic mass is 10.3. The second kappa shape index (κ2) is 6.70. The molecule has 0 aromatic rings. The quantitative estimate of drug-likeness (QED) is 0.563. The Kier molecular flexibility index (Phi) is 7.59. The standard InChI is InChI=1S/C7H10.C2H3F3/c1-4-5-6-7(2)3;1-2(3,4)5/h4-6H,1-2H2,3H3;1H3/b6-5-;. The van der Waals surface area contributed by atoms with E-state index in [0.29, 0.717) is 0 Å². The van der Waals surface area contributed by atoms with Crippen LogP contribution < -0.4 is 0 Å². The number of halogens is 3. The highest BCUT2D eigenvalue weighted by molar-refractivity contribution is 5.15. The smallest absolute Gasteiger partial charge is 0.172 e. The third-order valence-electron chi connectivity index (χ3n) is 0.517. The van der Waals surface area contributed by atoms with Gasteiger partial charge in [0.2, 0.25) is 0 Å². The fraction of sp³-hybridized carbons (Fsp3) is 0.333. The van der Waals surface area contributed by atoms with Crippen LogP contribution in [0.2, 0.25) is 0 Å². The molecule has 0 aliphatic carbocycles. The van der Waals surface area contributed by atoms with Crippen molar-refractivity contribution >= 4 is 0 Å². The van der Waals surface area contributed by atoms with E-state index in [1.807, 2.05) is 19.1 Å².